The molecule has 2 aromatic rings. The van der Waals surface area contributed by atoms with E-state index < -0.39 is 12.1 Å². The zero-order chi connectivity index (χ0) is 18.4. The molecule has 0 bridgehead atoms. The number of hydrogen-bond donors (Lipinski definition) is 0. The number of alkyl halides is 3. The molecular weight excluding hydrogens is 357 g/mol. The van der Waals surface area contributed by atoms with Crippen LogP contribution in [0.1, 0.15) is 12.5 Å². The number of oxime groups is 1. The van der Waals surface area contributed by atoms with Crippen molar-refractivity contribution in [2.24, 2.45) is 10.3 Å². The van der Waals surface area contributed by atoms with E-state index in [4.69, 9.17) is 0 Å². The molecule has 2 aromatic carbocycles. The largest absolute Gasteiger partial charge is 0.493 e. The maximum Gasteiger partial charge on any atom is 0.493 e. The van der Waals surface area contributed by atoms with Crippen molar-refractivity contribution >= 4 is 29.1 Å². The van der Waals surface area contributed by atoms with E-state index in [1.54, 1.807) is 48.5 Å². The lowest BCUT2D eigenvalue weighted by Crippen LogP contribution is -2.24. The minimum Gasteiger partial charge on any atom is -0.309 e. The molecule has 0 saturated heterocycles. The summed E-state index contributed by atoms with van der Waals surface area (Å²) in [7, 11) is 0. The molecule has 0 spiro atoms. The highest BCUT2D eigenvalue weighted by Crippen LogP contribution is 2.29. The van der Waals surface area contributed by atoms with Gasteiger partial charge in [0.15, 0.2) is 0 Å². The van der Waals surface area contributed by atoms with Crippen LogP contribution in [-0.4, -0.2) is 17.9 Å². The van der Waals surface area contributed by atoms with Gasteiger partial charge in [0, 0.05) is 9.79 Å². The molecule has 5 nitrogen and oxygen atoms in total. The van der Waals surface area contributed by atoms with Gasteiger partial charge in [-0.05, 0) is 54.1 Å². The number of carbonyl (C=O) groups excluding carboxylic acids is 1. The molecule has 0 unspecified atom stereocenters. The maximum absolute atomic E-state index is 12.0. The van der Waals surface area contributed by atoms with E-state index in [1.165, 1.54) is 18.7 Å². The predicted octanol–water partition coefficient (Wildman–Crippen LogP) is 5.07. The van der Waals surface area contributed by atoms with Crippen LogP contribution in [0.25, 0.3) is 0 Å². The Morgan fingerprint density at radius 3 is 2.00 bits per heavy atom. The highest BCUT2D eigenvalue weighted by molar-refractivity contribution is 7.99. The monoisotopic (exact) mass is 368 g/mol. The Labute approximate surface area is 144 Å². The van der Waals surface area contributed by atoms with E-state index in [9.17, 15) is 22.9 Å². The first-order valence-corrected chi connectivity index (χ1v) is 7.66. The van der Waals surface area contributed by atoms with Crippen LogP contribution in [0.15, 0.2) is 68.7 Å². The second-order valence-corrected chi connectivity index (χ2v) is 5.91. The van der Waals surface area contributed by atoms with Crippen molar-refractivity contribution < 1.29 is 22.8 Å². The second kappa shape index (κ2) is 7.93. The number of carbonyl (C=O) groups is 1. The maximum atomic E-state index is 12.0. The van der Waals surface area contributed by atoms with Crippen molar-refractivity contribution in [2.45, 2.75) is 22.9 Å². The van der Waals surface area contributed by atoms with Gasteiger partial charge in [-0.1, -0.05) is 29.1 Å². The SMILES string of the molecule is C/C(=N\OC(=O)C(F)(F)F)c1ccc(Sc2ccc(N=O)cc2)cc1. The van der Waals surface area contributed by atoms with Gasteiger partial charge in [-0.2, -0.15) is 13.2 Å². The zero-order valence-electron chi connectivity index (χ0n) is 12.8. The normalized spacial score (nSPS) is 11.9. The first kappa shape index (κ1) is 18.7. The Morgan fingerprint density at radius 2 is 1.52 bits per heavy atom. The summed E-state index contributed by atoms with van der Waals surface area (Å²) >= 11 is 1.43. The van der Waals surface area contributed by atoms with Gasteiger partial charge in [-0.25, -0.2) is 4.79 Å². The minimum atomic E-state index is -5.08. The lowest BCUT2D eigenvalue weighted by Gasteiger charge is -2.05. The molecule has 0 heterocycles. The second-order valence-electron chi connectivity index (χ2n) is 4.76. The van der Waals surface area contributed by atoms with Crippen LogP contribution in [0.3, 0.4) is 0 Å². The number of halogens is 3. The summed E-state index contributed by atoms with van der Waals surface area (Å²) in [6, 6.07) is 13.5. The fourth-order valence-electron chi connectivity index (χ4n) is 1.69. The molecule has 0 aromatic heterocycles. The third-order valence-corrected chi connectivity index (χ3v) is 3.96. The molecule has 0 aliphatic carbocycles. The number of rotatable bonds is 5. The molecule has 0 fully saturated rings. The summed E-state index contributed by atoms with van der Waals surface area (Å²) < 4.78 is 36.1. The zero-order valence-corrected chi connectivity index (χ0v) is 13.6. The van der Waals surface area contributed by atoms with Crippen LogP contribution in [0.5, 0.6) is 0 Å². The molecule has 9 heteroatoms. The third kappa shape index (κ3) is 5.42. The van der Waals surface area contributed by atoms with Crippen molar-refractivity contribution in [1.29, 1.82) is 0 Å². The number of benzene rings is 2. The molecule has 0 radical (unpaired) electrons. The summed E-state index contributed by atoms with van der Waals surface area (Å²) in [5.41, 5.74) is 0.982. The predicted molar refractivity (Wildman–Crippen MR) is 86.8 cm³/mol. The van der Waals surface area contributed by atoms with Crippen LogP contribution >= 0.6 is 11.8 Å². The van der Waals surface area contributed by atoms with Crippen LogP contribution in [0.4, 0.5) is 18.9 Å². The Bertz CT molecular complexity index is 788. The van der Waals surface area contributed by atoms with E-state index >= 15 is 0 Å². The van der Waals surface area contributed by atoms with Crippen molar-refractivity contribution in [2.75, 3.05) is 0 Å². The van der Waals surface area contributed by atoms with Crippen LogP contribution in [0, 0.1) is 4.91 Å². The van der Waals surface area contributed by atoms with E-state index in [2.05, 4.69) is 15.2 Å². The topological polar surface area (TPSA) is 68.1 Å². The molecule has 0 aliphatic heterocycles. The molecule has 25 heavy (non-hydrogen) atoms. The average molecular weight is 368 g/mol. The molecule has 0 N–H and O–H groups in total. The molecule has 0 atom stereocenters. The highest BCUT2D eigenvalue weighted by Gasteiger charge is 2.41. The number of nitroso groups, excluding NO2 is 1. The Hall–Kier alpha value is -2.68. The molecule has 2 rings (SSSR count). The summed E-state index contributed by atoms with van der Waals surface area (Å²) in [6.07, 6.45) is -5.08. The molecule has 0 saturated carbocycles. The summed E-state index contributed by atoms with van der Waals surface area (Å²) in [4.78, 5) is 26.6. The quantitative estimate of drug-likeness (QED) is 0.320. The Balaban J connectivity index is 2.03. The molecule has 130 valence electrons. The van der Waals surface area contributed by atoms with Gasteiger partial charge in [-0.15, -0.1) is 4.91 Å². The van der Waals surface area contributed by atoms with Crippen molar-refractivity contribution in [3.8, 4) is 0 Å². The fraction of sp³-hybridized carbons (Fsp3) is 0.125. The number of nitrogens with zero attached hydrogens (tertiary/aromatic N) is 2. The van der Waals surface area contributed by atoms with Gasteiger partial charge < -0.3 is 4.84 Å². The summed E-state index contributed by atoms with van der Waals surface area (Å²) in [5.74, 6) is -2.37. The lowest BCUT2D eigenvalue weighted by molar-refractivity contribution is -0.199. The lowest BCUT2D eigenvalue weighted by atomic mass is 10.1. The van der Waals surface area contributed by atoms with E-state index in [0.717, 1.165) is 9.79 Å². The van der Waals surface area contributed by atoms with Crippen molar-refractivity contribution in [3.63, 3.8) is 0 Å². The third-order valence-electron chi connectivity index (χ3n) is 2.95. The standard InChI is InChI=1S/C16H11F3N2O3S/c1-10(21-24-15(22)16(17,18)19)11-2-6-13(7-3-11)25-14-8-4-12(20-23)5-9-14/h2-9H,1H3/b21-10+. The molecule has 0 aliphatic rings. The van der Waals surface area contributed by atoms with E-state index in [1.807, 2.05) is 0 Å². The first-order chi connectivity index (χ1) is 11.8. The molecule has 0 amide bonds. The van der Waals surface area contributed by atoms with Crippen LogP contribution in [-0.2, 0) is 9.63 Å². The Morgan fingerprint density at radius 1 is 1.00 bits per heavy atom. The minimum absolute atomic E-state index is 0.135. The van der Waals surface area contributed by atoms with Gasteiger partial charge in [-0.3, -0.25) is 0 Å². The highest BCUT2D eigenvalue weighted by atomic mass is 32.2. The van der Waals surface area contributed by atoms with Gasteiger partial charge in [0.2, 0.25) is 0 Å². The van der Waals surface area contributed by atoms with Crippen molar-refractivity contribution in [1.82, 2.24) is 0 Å². The van der Waals surface area contributed by atoms with Gasteiger partial charge in [0.25, 0.3) is 0 Å². The van der Waals surface area contributed by atoms with Gasteiger partial charge >= 0.3 is 12.1 Å². The van der Waals surface area contributed by atoms with E-state index in [0.29, 0.717) is 11.3 Å². The fourth-order valence-corrected chi connectivity index (χ4v) is 2.51. The van der Waals surface area contributed by atoms with Gasteiger partial charge in [0.1, 0.15) is 5.69 Å². The Kier molecular flexibility index (Phi) is 5.92. The van der Waals surface area contributed by atoms with Gasteiger partial charge in [0.05, 0.1) is 5.71 Å². The number of hydrogen-bond acceptors (Lipinski definition) is 6. The summed E-state index contributed by atoms with van der Waals surface area (Å²) in [6.45, 7) is 1.43. The van der Waals surface area contributed by atoms with Crippen LogP contribution < -0.4 is 0 Å². The average Bonchev–Trinajstić information content (AvgIpc) is 2.60. The van der Waals surface area contributed by atoms with Crippen LogP contribution in [0.2, 0.25) is 0 Å². The smallest absolute Gasteiger partial charge is 0.309 e. The molecular formula is C16H11F3N2O3S. The summed E-state index contributed by atoms with van der Waals surface area (Å²) in [5, 5.41) is 6.01. The van der Waals surface area contributed by atoms with Crippen molar-refractivity contribution in [3.05, 3.63) is 59.0 Å². The first-order valence-electron chi connectivity index (χ1n) is 6.84. The van der Waals surface area contributed by atoms with E-state index in [-0.39, 0.29) is 5.71 Å².